The fraction of sp³-hybridized carbons (Fsp3) is 0.143. The molecular formula is C42H42. The summed E-state index contributed by atoms with van der Waals surface area (Å²) in [6.45, 7) is 12.7. The zero-order valence-electron chi connectivity index (χ0n) is 25.9. The molecule has 0 N–H and O–H groups in total. The molecule has 0 heteroatoms. The van der Waals surface area contributed by atoms with E-state index in [1.807, 2.05) is 0 Å². The maximum atomic E-state index is 2.21. The van der Waals surface area contributed by atoms with Crippen molar-refractivity contribution in [3.05, 3.63) is 179 Å². The van der Waals surface area contributed by atoms with Crippen LogP contribution in [0.3, 0.4) is 0 Å². The number of aryl methyl sites for hydroxylation is 6. The molecule has 0 atom stereocenters. The monoisotopic (exact) mass is 546 g/mol. The van der Waals surface area contributed by atoms with Crippen molar-refractivity contribution in [2.75, 3.05) is 0 Å². The Bertz CT molecular complexity index is 1630. The van der Waals surface area contributed by atoms with Gasteiger partial charge in [-0.3, -0.25) is 0 Å². The molecule has 6 aromatic rings. The standard InChI is InChI=1S/3C14H14/c1-11-3-7-13(8-4-11)14-9-5-12(2)6-10-14;1-11-6-8-13(9-7-11)14-5-3-4-12(2)10-14;1-11-7-9-13(10-8-11)14-6-4-3-5-12(14)2/h3*3-10H,1-2H3. The molecule has 0 radical (unpaired) electrons. The van der Waals surface area contributed by atoms with Crippen molar-refractivity contribution in [1.82, 2.24) is 0 Å². The quantitative estimate of drug-likeness (QED) is 0.207. The van der Waals surface area contributed by atoms with E-state index >= 15 is 0 Å². The third-order valence-corrected chi connectivity index (χ3v) is 7.35. The third-order valence-electron chi connectivity index (χ3n) is 7.35. The van der Waals surface area contributed by atoms with Crippen LogP contribution in [-0.4, -0.2) is 0 Å². The second-order valence-electron chi connectivity index (χ2n) is 11.1. The van der Waals surface area contributed by atoms with Crippen molar-refractivity contribution in [1.29, 1.82) is 0 Å². The van der Waals surface area contributed by atoms with Crippen LogP contribution in [0, 0.1) is 41.5 Å². The highest BCUT2D eigenvalue weighted by molar-refractivity contribution is 5.67. The fourth-order valence-electron chi connectivity index (χ4n) is 4.69. The highest BCUT2D eigenvalue weighted by Gasteiger charge is 1.99. The molecule has 0 fully saturated rings. The lowest BCUT2D eigenvalue weighted by Gasteiger charge is -2.05. The molecule has 0 spiro atoms. The molecule has 0 bridgehead atoms. The van der Waals surface area contributed by atoms with Gasteiger partial charge in [-0.1, -0.05) is 173 Å². The van der Waals surface area contributed by atoms with Gasteiger partial charge in [0, 0.05) is 0 Å². The van der Waals surface area contributed by atoms with E-state index in [4.69, 9.17) is 0 Å². The van der Waals surface area contributed by atoms with E-state index in [0.29, 0.717) is 0 Å². The Labute approximate surface area is 253 Å². The first-order valence-corrected chi connectivity index (χ1v) is 14.7. The lowest BCUT2D eigenvalue weighted by molar-refractivity contribution is 1.43. The van der Waals surface area contributed by atoms with E-state index in [-0.39, 0.29) is 0 Å². The predicted octanol–water partition coefficient (Wildman–Crippen LogP) is 11.9. The minimum absolute atomic E-state index is 1.29. The Morgan fingerprint density at radius 1 is 0.262 bits per heavy atom. The van der Waals surface area contributed by atoms with Gasteiger partial charge in [0.05, 0.1) is 0 Å². The van der Waals surface area contributed by atoms with Gasteiger partial charge in [0.2, 0.25) is 0 Å². The SMILES string of the molecule is Cc1ccc(-c2ccc(C)cc2)cc1.Cc1ccc(-c2cccc(C)c2)cc1.Cc1ccc(-c2ccccc2C)cc1. The van der Waals surface area contributed by atoms with Crippen LogP contribution in [0.4, 0.5) is 0 Å². The topological polar surface area (TPSA) is 0 Å². The first-order valence-electron chi connectivity index (χ1n) is 14.7. The van der Waals surface area contributed by atoms with Crippen molar-refractivity contribution in [2.24, 2.45) is 0 Å². The van der Waals surface area contributed by atoms with Gasteiger partial charge in [-0.25, -0.2) is 0 Å². The summed E-state index contributed by atoms with van der Waals surface area (Å²) in [7, 11) is 0. The zero-order valence-corrected chi connectivity index (χ0v) is 25.9. The van der Waals surface area contributed by atoms with Gasteiger partial charge >= 0.3 is 0 Å². The highest BCUT2D eigenvalue weighted by atomic mass is 14.0. The fourth-order valence-corrected chi connectivity index (χ4v) is 4.69. The molecule has 6 rings (SSSR count). The lowest BCUT2D eigenvalue weighted by Crippen LogP contribution is -1.82. The summed E-state index contributed by atoms with van der Waals surface area (Å²) in [5.41, 5.74) is 15.7. The van der Waals surface area contributed by atoms with Gasteiger partial charge < -0.3 is 0 Å². The average molecular weight is 547 g/mol. The summed E-state index contributed by atoms with van der Waals surface area (Å²) in [6, 6.07) is 51.6. The molecule has 0 aliphatic heterocycles. The predicted molar refractivity (Wildman–Crippen MR) is 184 cm³/mol. The normalized spacial score (nSPS) is 10.1. The number of hydrogen-bond donors (Lipinski definition) is 0. The number of hydrogen-bond acceptors (Lipinski definition) is 0. The average Bonchev–Trinajstić information content (AvgIpc) is 3.00. The second-order valence-corrected chi connectivity index (χ2v) is 11.1. The Morgan fingerprint density at radius 2 is 0.643 bits per heavy atom. The van der Waals surface area contributed by atoms with E-state index in [2.05, 4.69) is 187 Å². The van der Waals surface area contributed by atoms with Crippen LogP contribution in [-0.2, 0) is 0 Å². The van der Waals surface area contributed by atoms with E-state index in [9.17, 15) is 0 Å². The van der Waals surface area contributed by atoms with Gasteiger partial charge in [0.15, 0.2) is 0 Å². The Kier molecular flexibility index (Phi) is 10.7. The van der Waals surface area contributed by atoms with Crippen LogP contribution in [0.25, 0.3) is 33.4 Å². The first-order chi connectivity index (χ1) is 20.3. The van der Waals surface area contributed by atoms with Gasteiger partial charge in [0.25, 0.3) is 0 Å². The summed E-state index contributed by atoms with van der Waals surface area (Å²) in [4.78, 5) is 0. The van der Waals surface area contributed by atoms with Gasteiger partial charge in [-0.15, -0.1) is 0 Å². The molecule has 210 valence electrons. The molecule has 0 unspecified atom stereocenters. The van der Waals surface area contributed by atoms with Crippen LogP contribution in [0.15, 0.2) is 146 Å². The smallest absolute Gasteiger partial charge is 0.0155 e. The van der Waals surface area contributed by atoms with Gasteiger partial charge in [-0.2, -0.15) is 0 Å². The number of rotatable bonds is 3. The molecule has 0 aliphatic rings. The summed E-state index contributed by atoms with van der Waals surface area (Å²) in [5, 5.41) is 0. The van der Waals surface area contributed by atoms with Crippen molar-refractivity contribution in [2.45, 2.75) is 41.5 Å². The minimum atomic E-state index is 1.29. The van der Waals surface area contributed by atoms with Crippen molar-refractivity contribution in [3.63, 3.8) is 0 Å². The molecular weight excluding hydrogens is 504 g/mol. The summed E-state index contributed by atoms with van der Waals surface area (Å²) in [6.07, 6.45) is 0. The molecule has 0 aliphatic carbocycles. The summed E-state index contributed by atoms with van der Waals surface area (Å²) < 4.78 is 0. The first kappa shape index (κ1) is 30.3. The van der Waals surface area contributed by atoms with Crippen molar-refractivity contribution < 1.29 is 0 Å². The zero-order chi connectivity index (χ0) is 29.9. The molecule has 0 nitrogen and oxygen atoms in total. The Morgan fingerprint density at radius 3 is 1.05 bits per heavy atom. The molecule has 0 saturated heterocycles. The molecule has 0 heterocycles. The van der Waals surface area contributed by atoms with Crippen LogP contribution >= 0.6 is 0 Å². The molecule has 0 amide bonds. The maximum Gasteiger partial charge on any atom is -0.0155 e. The molecule has 0 aromatic heterocycles. The Hall–Kier alpha value is -4.68. The minimum Gasteiger partial charge on any atom is -0.0620 e. The summed E-state index contributed by atoms with van der Waals surface area (Å²) in [5.74, 6) is 0. The second kappa shape index (κ2) is 14.8. The van der Waals surface area contributed by atoms with Crippen LogP contribution in [0.1, 0.15) is 33.4 Å². The third kappa shape index (κ3) is 8.91. The number of benzene rings is 6. The van der Waals surface area contributed by atoms with E-state index in [1.54, 1.807) is 0 Å². The van der Waals surface area contributed by atoms with Gasteiger partial charge in [0.1, 0.15) is 0 Å². The highest BCUT2D eigenvalue weighted by Crippen LogP contribution is 2.23. The summed E-state index contributed by atoms with van der Waals surface area (Å²) >= 11 is 0. The van der Waals surface area contributed by atoms with E-state index in [0.717, 1.165) is 0 Å². The van der Waals surface area contributed by atoms with E-state index in [1.165, 1.54) is 66.8 Å². The van der Waals surface area contributed by atoms with Crippen molar-refractivity contribution in [3.8, 4) is 33.4 Å². The molecule has 42 heavy (non-hydrogen) atoms. The molecule has 0 saturated carbocycles. The van der Waals surface area contributed by atoms with E-state index < -0.39 is 0 Å². The van der Waals surface area contributed by atoms with Gasteiger partial charge in [-0.05, 0) is 80.5 Å². The Balaban J connectivity index is 0.000000145. The maximum absolute atomic E-state index is 2.21. The van der Waals surface area contributed by atoms with Crippen LogP contribution in [0.5, 0.6) is 0 Å². The molecule has 6 aromatic carbocycles. The van der Waals surface area contributed by atoms with Crippen LogP contribution < -0.4 is 0 Å². The largest absolute Gasteiger partial charge is 0.0620 e. The van der Waals surface area contributed by atoms with Crippen LogP contribution in [0.2, 0.25) is 0 Å². The lowest BCUT2D eigenvalue weighted by atomic mass is 10.00. The van der Waals surface area contributed by atoms with Crippen molar-refractivity contribution >= 4 is 0 Å².